The first kappa shape index (κ1) is 20.0. The number of nitrogens with one attached hydrogen (secondary N) is 2. The molecular formula is C21H34N4O2. The number of hydrogen-bond acceptors (Lipinski definition) is 4. The molecule has 1 fully saturated rings. The number of guanidine groups is 1. The predicted molar refractivity (Wildman–Crippen MR) is 110 cm³/mol. The molecule has 0 aromatic heterocycles. The fourth-order valence-corrected chi connectivity index (χ4v) is 3.75. The number of benzene rings is 1. The van der Waals surface area contributed by atoms with Crippen LogP contribution in [0.4, 0.5) is 0 Å². The number of para-hydroxylation sites is 1. The van der Waals surface area contributed by atoms with Crippen molar-refractivity contribution in [3.63, 3.8) is 0 Å². The molecule has 0 spiro atoms. The van der Waals surface area contributed by atoms with Gasteiger partial charge in [0.15, 0.2) is 5.96 Å². The first-order chi connectivity index (χ1) is 13.3. The summed E-state index contributed by atoms with van der Waals surface area (Å²) < 4.78 is 11.2. The minimum atomic E-state index is 0.176. The second kappa shape index (κ2) is 10.5. The number of fused-ring (bicyclic) bond motifs is 1. The maximum atomic E-state index is 6.01. The Labute approximate surface area is 163 Å². The van der Waals surface area contributed by atoms with Gasteiger partial charge in [0.25, 0.3) is 0 Å². The molecular weight excluding hydrogens is 340 g/mol. The minimum Gasteiger partial charge on any atom is -0.488 e. The number of methoxy groups -OCH3 is 1. The minimum absolute atomic E-state index is 0.176. The third-order valence-corrected chi connectivity index (χ3v) is 5.38. The molecule has 3 rings (SSSR count). The molecule has 1 unspecified atom stereocenters. The summed E-state index contributed by atoms with van der Waals surface area (Å²) in [6.07, 6.45) is 3.57. The van der Waals surface area contributed by atoms with Gasteiger partial charge < -0.3 is 25.0 Å². The Balaban J connectivity index is 1.41. The molecule has 2 N–H and O–H groups in total. The van der Waals surface area contributed by atoms with E-state index in [1.165, 1.54) is 18.4 Å². The molecule has 0 aliphatic carbocycles. The van der Waals surface area contributed by atoms with Crippen LogP contribution in [0.1, 0.15) is 25.3 Å². The highest BCUT2D eigenvalue weighted by atomic mass is 16.5. The van der Waals surface area contributed by atoms with Gasteiger partial charge >= 0.3 is 0 Å². The van der Waals surface area contributed by atoms with Gasteiger partial charge in [0, 0.05) is 33.2 Å². The molecule has 2 aliphatic rings. The van der Waals surface area contributed by atoms with E-state index >= 15 is 0 Å². The summed E-state index contributed by atoms with van der Waals surface area (Å²) in [6.45, 7) is 8.81. The Kier molecular flexibility index (Phi) is 7.78. The number of ether oxygens (including phenoxy) is 2. The molecule has 27 heavy (non-hydrogen) atoms. The first-order valence-corrected chi connectivity index (χ1v) is 10.3. The third kappa shape index (κ3) is 6.11. The van der Waals surface area contributed by atoms with Gasteiger partial charge in [-0.1, -0.05) is 18.2 Å². The van der Waals surface area contributed by atoms with Crippen LogP contribution in [-0.2, 0) is 11.2 Å². The van der Waals surface area contributed by atoms with Crippen LogP contribution in [-0.4, -0.2) is 69.9 Å². The van der Waals surface area contributed by atoms with Crippen molar-refractivity contribution in [3.05, 3.63) is 29.8 Å². The molecule has 0 amide bonds. The van der Waals surface area contributed by atoms with E-state index in [4.69, 9.17) is 14.5 Å². The van der Waals surface area contributed by atoms with Crippen molar-refractivity contribution >= 4 is 5.96 Å². The van der Waals surface area contributed by atoms with Gasteiger partial charge in [-0.2, -0.15) is 0 Å². The lowest BCUT2D eigenvalue weighted by atomic mass is 9.97. The number of nitrogens with zero attached hydrogens (tertiary/aromatic N) is 2. The van der Waals surface area contributed by atoms with Crippen LogP contribution in [0.2, 0.25) is 0 Å². The lowest BCUT2D eigenvalue weighted by Crippen LogP contribution is -2.43. The van der Waals surface area contributed by atoms with Crippen LogP contribution < -0.4 is 15.4 Å². The first-order valence-electron chi connectivity index (χ1n) is 10.3. The van der Waals surface area contributed by atoms with Gasteiger partial charge in [-0.05, 0) is 50.4 Å². The summed E-state index contributed by atoms with van der Waals surface area (Å²) in [5.74, 6) is 2.59. The molecule has 2 aliphatic heterocycles. The zero-order valence-electron chi connectivity index (χ0n) is 16.7. The predicted octanol–water partition coefficient (Wildman–Crippen LogP) is 1.90. The van der Waals surface area contributed by atoms with Gasteiger partial charge in [-0.25, -0.2) is 0 Å². The Morgan fingerprint density at radius 1 is 1.26 bits per heavy atom. The fourth-order valence-electron chi connectivity index (χ4n) is 3.75. The maximum Gasteiger partial charge on any atom is 0.191 e. The van der Waals surface area contributed by atoms with Crippen LogP contribution in [0.15, 0.2) is 29.3 Å². The van der Waals surface area contributed by atoms with Gasteiger partial charge in [-0.3, -0.25) is 4.99 Å². The molecule has 1 aromatic rings. The van der Waals surface area contributed by atoms with Gasteiger partial charge in [-0.15, -0.1) is 0 Å². The van der Waals surface area contributed by atoms with Crippen molar-refractivity contribution in [1.82, 2.24) is 15.5 Å². The van der Waals surface area contributed by atoms with E-state index < -0.39 is 0 Å². The highest BCUT2D eigenvalue weighted by molar-refractivity contribution is 5.79. The third-order valence-electron chi connectivity index (χ3n) is 5.38. The average Bonchev–Trinajstić information content (AvgIpc) is 3.12. The SMILES string of the molecule is CCNC(=NCC1CCN(CCOC)CC1)NCC1Cc2ccccc2O1. The van der Waals surface area contributed by atoms with E-state index in [-0.39, 0.29) is 6.10 Å². The van der Waals surface area contributed by atoms with Crippen molar-refractivity contribution in [2.24, 2.45) is 10.9 Å². The molecule has 0 saturated carbocycles. The van der Waals surface area contributed by atoms with Crippen LogP contribution in [0.3, 0.4) is 0 Å². The number of aliphatic imine (C=N–C) groups is 1. The van der Waals surface area contributed by atoms with E-state index in [2.05, 4.69) is 34.6 Å². The topological polar surface area (TPSA) is 58.1 Å². The number of piperidine rings is 1. The summed E-state index contributed by atoms with van der Waals surface area (Å²) in [5, 5.41) is 6.82. The van der Waals surface area contributed by atoms with Crippen molar-refractivity contribution in [1.29, 1.82) is 0 Å². The maximum absolute atomic E-state index is 6.01. The van der Waals surface area contributed by atoms with E-state index in [1.54, 1.807) is 7.11 Å². The van der Waals surface area contributed by atoms with Crippen LogP contribution in [0.5, 0.6) is 5.75 Å². The Bertz CT molecular complexity index is 575. The van der Waals surface area contributed by atoms with Gasteiger partial charge in [0.2, 0.25) is 0 Å². The molecule has 0 radical (unpaired) electrons. The van der Waals surface area contributed by atoms with Crippen molar-refractivity contribution in [3.8, 4) is 5.75 Å². The zero-order valence-corrected chi connectivity index (χ0v) is 16.7. The Morgan fingerprint density at radius 3 is 2.81 bits per heavy atom. The molecule has 6 heteroatoms. The van der Waals surface area contributed by atoms with Crippen molar-refractivity contribution in [2.75, 3.05) is 53.0 Å². The highest BCUT2D eigenvalue weighted by Crippen LogP contribution is 2.27. The summed E-state index contributed by atoms with van der Waals surface area (Å²) in [4.78, 5) is 7.32. The largest absolute Gasteiger partial charge is 0.488 e. The van der Waals surface area contributed by atoms with Gasteiger partial charge in [0.1, 0.15) is 11.9 Å². The van der Waals surface area contributed by atoms with Crippen molar-refractivity contribution in [2.45, 2.75) is 32.3 Å². The molecule has 1 aromatic carbocycles. The molecule has 1 saturated heterocycles. The number of likely N-dealkylation sites (tertiary alicyclic amines) is 1. The van der Waals surface area contributed by atoms with Crippen LogP contribution >= 0.6 is 0 Å². The summed E-state index contributed by atoms with van der Waals surface area (Å²) in [6, 6.07) is 8.30. The van der Waals surface area contributed by atoms with Crippen LogP contribution in [0, 0.1) is 5.92 Å². The molecule has 0 bridgehead atoms. The van der Waals surface area contributed by atoms with Gasteiger partial charge in [0.05, 0.1) is 13.2 Å². The van der Waals surface area contributed by atoms with Crippen LogP contribution in [0.25, 0.3) is 0 Å². The van der Waals surface area contributed by atoms with E-state index in [0.717, 1.165) is 64.0 Å². The average molecular weight is 375 g/mol. The summed E-state index contributed by atoms with van der Waals surface area (Å²) >= 11 is 0. The van der Waals surface area contributed by atoms with Crippen molar-refractivity contribution < 1.29 is 9.47 Å². The molecule has 1 atom stereocenters. The fraction of sp³-hybridized carbons (Fsp3) is 0.667. The second-order valence-electron chi connectivity index (χ2n) is 7.43. The molecule has 150 valence electrons. The lowest BCUT2D eigenvalue weighted by Gasteiger charge is -2.31. The normalized spacial score (nSPS) is 21.0. The van der Waals surface area contributed by atoms with E-state index in [1.807, 2.05) is 12.1 Å². The number of hydrogen-bond donors (Lipinski definition) is 2. The number of rotatable bonds is 8. The smallest absolute Gasteiger partial charge is 0.191 e. The zero-order chi connectivity index (χ0) is 18.9. The standard InChI is InChI=1S/C21H34N4O2/c1-3-22-21(23-15-17-8-10-25(11-9-17)12-13-26-2)24-16-19-14-18-6-4-5-7-20(18)27-19/h4-7,17,19H,3,8-16H2,1-2H3,(H2,22,23,24). The Hall–Kier alpha value is -1.79. The monoisotopic (exact) mass is 374 g/mol. The quantitative estimate of drug-likeness (QED) is 0.538. The summed E-state index contributed by atoms with van der Waals surface area (Å²) in [5.41, 5.74) is 1.30. The molecule has 6 nitrogen and oxygen atoms in total. The van der Waals surface area contributed by atoms with E-state index in [9.17, 15) is 0 Å². The molecule has 2 heterocycles. The summed E-state index contributed by atoms with van der Waals surface area (Å²) in [7, 11) is 1.77. The van der Waals surface area contributed by atoms with E-state index in [0.29, 0.717) is 5.92 Å². The lowest BCUT2D eigenvalue weighted by molar-refractivity contribution is 0.121. The second-order valence-corrected chi connectivity index (χ2v) is 7.43. The highest BCUT2D eigenvalue weighted by Gasteiger charge is 2.22. The Morgan fingerprint density at radius 2 is 2.07 bits per heavy atom.